The number of anilines is 1. The highest BCUT2D eigenvalue weighted by atomic mass is 16.3. The third-order valence-electron chi connectivity index (χ3n) is 3.82. The van der Waals surface area contributed by atoms with Crippen LogP contribution in [0.3, 0.4) is 0 Å². The SMILES string of the molecule is Nc1cc(C(=O)N2CCC[C@@H]2CO)nc2ccccc12. The molecule has 0 bridgehead atoms. The topological polar surface area (TPSA) is 79.5 Å². The van der Waals surface area contributed by atoms with Crippen molar-refractivity contribution in [3.05, 3.63) is 36.0 Å². The number of fused-ring (bicyclic) bond motifs is 1. The van der Waals surface area contributed by atoms with Crippen molar-refractivity contribution in [3.8, 4) is 0 Å². The van der Waals surface area contributed by atoms with E-state index in [0.717, 1.165) is 23.7 Å². The van der Waals surface area contributed by atoms with E-state index in [0.29, 0.717) is 17.9 Å². The molecule has 0 unspecified atom stereocenters. The van der Waals surface area contributed by atoms with Crippen molar-refractivity contribution in [3.63, 3.8) is 0 Å². The summed E-state index contributed by atoms with van der Waals surface area (Å²) in [5, 5.41) is 10.2. The predicted octanol–water partition coefficient (Wildman–Crippen LogP) is 1.41. The maximum absolute atomic E-state index is 12.5. The highest BCUT2D eigenvalue weighted by Gasteiger charge is 2.29. The molecule has 1 aliphatic rings. The summed E-state index contributed by atoms with van der Waals surface area (Å²) in [4.78, 5) is 18.6. The monoisotopic (exact) mass is 271 g/mol. The molecule has 104 valence electrons. The molecule has 5 nitrogen and oxygen atoms in total. The van der Waals surface area contributed by atoms with Gasteiger partial charge in [0.1, 0.15) is 5.69 Å². The van der Waals surface area contributed by atoms with E-state index in [9.17, 15) is 9.90 Å². The molecule has 1 aromatic heterocycles. The first kappa shape index (κ1) is 12.9. The Bertz CT molecular complexity index is 657. The molecule has 0 saturated carbocycles. The molecule has 20 heavy (non-hydrogen) atoms. The van der Waals surface area contributed by atoms with Crippen LogP contribution in [0.15, 0.2) is 30.3 Å². The Morgan fingerprint density at radius 3 is 3.05 bits per heavy atom. The van der Waals surface area contributed by atoms with Gasteiger partial charge in [-0.3, -0.25) is 4.79 Å². The number of rotatable bonds is 2. The van der Waals surface area contributed by atoms with Gasteiger partial charge in [0, 0.05) is 17.6 Å². The number of nitrogens with zero attached hydrogens (tertiary/aromatic N) is 2. The second-order valence-electron chi connectivity index (χ2n) is 5.09. The summed E-state index contributed by atoms with van der Waals surface area (Å²) in [6, 6.07) is 9.02. The standard InChI is InChI=1S/C15H17N3O2/c16-12-8-14(17-13-6-2-1-5-11(12)13)15(20)18-7-3-4-10(18)9-19/h1-2,5-6,8,10,19H,3-4,7,9H2,(H2,16,17)/t10-/m1/s1. The summed E-state index contributed by atoms with van der Waals surface area (Å²) in [5.74, 6) is -0.154. The van der Waals surface area contributed by atoms with Crippen molar-refractivity contribution in [1.82, 2.24) is 9.88 Å². The number of nitrogens with two attached hydrogens (primary N) is 1. The average Bonchev–Trinajstić information content (AvgIpc) is 2.95. The number of likely N-dealkylation sites (tertiary alicyclic amines) is 1. The zero-order valence-electron chi connectivity index (χ0n) is 11.1. The van der Waals surface area contributed by atoms with Crippen molar-refractivity contribution in [2.24, 2.45) is 0 Å². The number of amides is 1. The van der Waals surface area contributed by atoms with Crippen molar-refractivity contribution in [2.45, 2.75) is 18.9 Å². The molecule has 3 rings (SSSR count). The van der Waals surface area contributed by atoms with E-state index >= 15 is 0 Å². The summed E-state index contributed by atoms with van der Waals surface area (Å²) in [6.07, 6.45) is 1.76. The number of para-hydroxylation sites is 1. The van der Waals surface area contributed by atoms with Gasteiger partial charge < -0.3 is 15.7 Å². The molecule has 0 aliphatic carbocycles. The lowest BCUT2D eigenvalue weighted by atomic mass is 10.1. The smallest absolute Gasteiger partial charge is 0.272 e. The van der Waals surface area contributed by atoms with Crippen LogP contribution in [0.2, 0.25) is 0 Å². The number of pyridine rings is 1. The Labute approximate surface area is 117 Å². The van der Waals surface area contributed by atoms with Crippen LogP contribution in [0.1, 0.15) is 23.3 Å². The largest absolute Gasteiger partial charge is 0.398 e. The first-order chi connectivity index (χ1) is 9.70. The molecule has 2 aromatic rings. The van der Waals surface area contributed by atoms with E-state index in [1.54, 1.807) is 11.0 Å². The summed E-state index contributed by atoms with van der Waals surface area (Å²) in [6.45, 7) is 0.660. The van der Waals surface area contributed by atoms with Gasteiger partial charge >= 0.3 is 0 Å². The van der Waals surface area contributed by atoms with Crippen molar-refractivity contribution in [1.29, 1.82) is 0 Å². The summed E-state index contributed by atoms with van der Waals surface area (Å²) < 4.78 is 0. The van der Waals surface area contributed by atoms with Crippen LogP contribution >= 0.6 is 0 Å². The Balaban J connectivity index is 1.99. The molecule has 3 N–H and O–H groups in total. The molecule has 1 aromatic carbocycles. The Morgan fingerprint density at radius 2 is 2.25 bits per heavy atom. The number of aliphatic hydroxyl groups excluding tert-OH is 1. The van der Waals surface area contributed by atoms with E-state index in [1.165, 1.54) is 0 Å². The lowest BCUT2D eigenvalue weighted by molar-refractivity contribution is 0.0672. The van der Waals surface area contributed by atoms with E-state index < -0.39 is 0 Å². The number of benzene rings is 1. The Hall–Kier alpha value is -2.14. The van der Waals surface area contributed by atoms with Gasteiger partial charge in [0.25, 0.3) is 5.91 Å². The maximum Gasteiger partial charge on any atom is 0.272 e. The van der Waals surface area contributed by atoms with Gasteiger partial charge in [-0.15, -0.1) is 0 Å². The minimum Gasteiger partial charge on any atom is -0.398 e. The zero-order valence-corrected chi connectivity index (χ0v) is 11.1. The molecule has 1 amide bonds. The Morgan fingerprint density at radius 1 is 1.45 bits per heavy atom. The van der Waals surface area contributed by atoms with Crippen molar-refractivity contribution >= 4 is 22.5 Å². The Kier molecular flexibility index (Phi) is 3.28. The zero-order chi connectivity index (χ0) is 14.1. The fourth-order valence-corrected chi connectivity index (χ4v) is 2.75. The third-order valence-corrected chi connectivity index (χ3v) is 3.82. The number of carbonyl (C=O) groups excluding carboxylic acids is 1. The summed E-state index contributed by atoms with van der Waals surface area (Å²) in [7, 11) is 0. The predicted molar refractivity (Wildman–Crippen MR) is 77.3 cm³/mol. The highest BCUT2D eigenvalue weighted by Crippen LogP contribution is 2.23. The second-order valence-corrected chi connectivity index (χ2v) is 5.09. The van der Waals surface area contributed by atoms with Gasteiger partial charge in [0.2, 0.25) is 0 Å². The number of nitrogen functional groups attached to an aromatic ring is 1. The average molecular weight is 271 g/mol. The molecule has 5 heteroatoms. The summed E-state index contributed by atoms with van der Waals surface area (Å²) in [5.41, 5.74) is 7.62. The maximum atomic E-state index is 12.5. The van der Waals surface area contributed by atoms with E-state index in [-0.39, 0.29) is 18.6 Å². The fourth-order valence-electron chi connectivity index (χ4n) is 2.75. The van der Waals surface area contributed by atoms with Gasteiger partial charge in [-0.25, -0.2) is 4.98 Å². The third kappa shape index (κ3) is 2.10. The first-order valence-electron chi connectivity index (χ1n) is 6.78. The molecule has 2 heterocycles. The minimum absolute atomic E-state index is 0.00516. The minimum atomic E-state index is -0.154. The van der Waals surface area contributed by atoms with E-state index in [4.69, 9.17) is 5.73 Å². The molecule has 0 spiro atoms. The number of carbonyl (C=O) groups is 1. The highest BCUT2D eigenvalue weighted by molar-refractivity contribution is 5.99. The molecule has 1 fully saturated rings. The fraction of sp³-hybridized carbons (Fsp3) is 0.333. The number of aliphatic hydroxyl groups is 1. The van der Waals surface area contributed by atoms with Crippen LogP contribution in [0.4, 0.5) is 5.69 Å². The van der Waals surface area contributed by atoms with Gasteiger partial charge in [0.05, 0.1) is 18.2 Å². The number of hydrogen-bond acceptors (Lipinski definition) is 4. The van der Waals surface area contributed by atoms with Gasteiger partial charge in [-0.05, 0) is 25.0 Å². The second kappa shape index (κ2) is 5.09. The van der Waals surface area contributed by atoms with Crippen LogP contribution in [-0.2, 0) is 0 Å². The van der Waals surface area contributed by atoms with Gasteiger partial charge in [-0.1, -0.05) is 18.2 Å². The lowest BCUT2D eigenvalue weighted by Crippen LogP contribution is -2.38. The number of aromatic nitrogens is 1. The van der Waals surface area contributed by atoms with Crippen LogP contribution in [0.25, 0.3) is 10.9 Å². The van der Waals surface area contributed by atoms with Crippen LogP contribution in [0, 0.1) is 0 Å². The molecule has 1 aliphatic heterocycles. The van der Waals surface area contributed by atoms with Crippen molar-refractivity contribution in [2.75, 3.05) is 18.9 Å². The van der Waals surface area contributed by atoms with Crippen LogP contribution in [-0.4, -0.2) is 40.1 Å². The van der Waals surface area contributed by atoms with E-state index in [2.05, 4.69) is 4.98 Å². The van der Waals surface area contributed by atoms with Crippen molar-refractivity contribution < 1.29 is 9.90 Å². The van der Waals surface area contributed by atoms with Gasteiger partial charge in [-0.2, -0.15) is 0 Å². The first-order valence-corrected chi connectivity index (χ1v) is 6.78. The van der Waals surface area contributed by atoms with E-state index in [1.807, 2.05) is 24.3 Å². The normalized spacial score (nSPS) is 18.6. The van der Waals surface area contributed by atoms with Gasteiger partial charge in [0.15, 0.2) is 0 Å². The number of hydrogen-bond donors (Lipinski definition) is 2. The van der Waals surface area contributed by atoms with Crippen LogP contribution < -0.4 is 5.73 Å². The molecular weight excluding hydrogens is 254 g/mol. The lowest BCUT2D eigenvalue weighted by Gasteiger charge is -2.22. The molecular formula is C15H17N3O2. The molecule has 0 radical (unpaired) electrons. The molecule has 1 atom stereocenters. The van der Waals surface area contributed by atoms with Crippen LogP contribution in [0.5, 0.6) is 0 Å². The quantitative estimate of drug-likeness (QED) is 0.865. The summed E-state index contributed by atoms with van der Waals surface area (Å²) >= 11 is 0. The molecule has 1 saturated heterocycles.